The number of aryl methyl sites for hydroxylation is 1. The number of halogens is 6. The van der Waals surface area contributed by atoms with Crippen LogP contribution in [0.2, 0.25) is 0 Å². The number of anilines is 2. The summed E-state index contributed by atoms with van der Waals surface area (Å²) < 4.78 is 82.5. The zero-order valence-electron chi connectivity index (χ0n) is 15.1. The molecule has 1 aliphatic heterocycles. The van der Waals surface area contributed by atoms with Gasteiger partial charge in [0.25, 0.3) is 5.91 Å². The van der Waals surface area contributed by atoms with E-state index in [0.29, 0.717) is 24.2 Å². The second-order valence-corrected chi connectivity index (χ2v) is 6.50. The van der Waals surface area contributed by atoms with Gasteiger partial charge in [0.1, 0.15) is 5.75 Å². The summed E-state index contributed by atoms with van der Waals surface area (Å²) in [6.07, 6.45) is -9.28. The van der Waals surface area contributed by atoms with Crippen molar-refractivity contribution in [2.45, 2.75) is 25.2 Å². The highest BCUT2D eigenvalue weighted by atomic mass is 19.4. The van der Waals surface area contributed by atoms with Crippen LogP contribution in [0, 0.1) is 0 Å². The molecule has 1 aliphatic rings. The minimum atomic E-state index is -5.02. The Hall–Kier alpha value is -3.24. The van der Waals surface area contributed by atoms with E-state index in [1.807, 2.05) is 5.32 Å². The van der Waals surface area contributed by atoms with E-state index in [2.05, 4.69) is 5.32 Å². The van der Waals surface area contributed by atoms with Crippen LogP contribution in [0.4, 0.5) is 37.7 Å². The Morgan fingerprint density at radius 3 is 2.20 bits per heavy atom. The van der Waals surface area contributed by atoms with E-state index in [4.69, 9.17) is 4.74 Å². The third-order valence-corrected chi connectivity index (χ3v) is 4.21. The Kier molecular flexibility index (Phi) is 5.64. The van der Waals surface area contributed by atoms with E-state index in [1.54, 1.807) is 12.1 Å². The van der Waals surface area contributed by atoms with Gasteiger partial charge in [0.05, 0.1) is 11.1 Å². The molecular weight excluding hydrogens is 418 g/mol. The van der Waals surface area contributed by atoms with Gasteiger partial charge in [0, 0.05) is 17.8 Å². The molecule has 2 N–H and O–H groups in total. The summed E-state index contributed by atoms with van der Waals surface area (Å²) in [6.45, 7) is -0.636. The number of fused-ring (bicyclic) bond motifs is 1. The summed E-state index contributed by atoms with van der Waals surface area (Å²) in [5.41, 5.74) is -2.35. The largest absolute Gasteiger partial charge is 0.484 e. The molecular formula is C19H14F6N2O3. The maximum Gasteiger partial charge on any atom is 0.416 e. The van der Waals surface area contributed by atoms with E-state index in [0.717, 1.165) is 5.56 Å². The molecule has 0 unspecified atom stereocenters. The summed E-state index contributed by atoms with van der Waals surface area (Å²) >= 11 is 0. The summed E-state index contributed by atoms with van der Waals surface area (Å²) in [4.78, 5) is 23.3. The van der Waals surface area contributed by atoms with E-state index in [-0.39, 0.29) is 24.1 Å². The first kappa shape index (κ1) is 21.5. The number of alkyl halides is 6. The third kappa shape index (κ3) is 5.22. The highest BCUT2D eigenvalue weighted by Crippen LogP contribution is 2.37. The Bertz CT molecular complexity index is 953. The molecule has 11 heteroatoms. The average Bonchev–Trinajstić information content (AvgIpc) is 2.64. The van der Waals surface area contributed by atoms with Crippen molar-refractivity contribution in [3.8, 4) is 5.75 Å². The number of amides is 2. The van der Waals surface area contributed by atoms with Crippen LogP contribution in [-0.4, -0.2) is 18.4 Å². The van der Waals surface area contributed by atoms with Crippen molar-refractivity contribution in [1.29, 1.82) is 0 Å². The van der Waals surface area contributed by atoms with Gasteiger partial charge in [-0.15, -0.1) is 0 Å². The zero-order chi connectivity index (χ0) is 22.1. The number of rotatable bonds is 4. The maximum atomic E-state index is 12.9. The molecule has 0 saturated heterocycles. The maximum absolute atomic E-state index is 12.9. The lowest BCUT2D eigenvalue weighted by Gasteiger charge is -2.18. The molecule has 0 aliphatic carbocycles. The van der Waals surface area contributed by atoms with Crippen molar-refractivity contribution >= 4 is 23.2 Å². The molecule has 1 heterocycles. The fraction of sp³-hybridized carbons (Fsp3) is 0.263. The minimum Gasteiger partial charge on any atom is -0.484 e. The highest BCUT2D eigenvalue weighted by Gasteiger charge is 2.37. The third-order valence-electron chi connectivity index (χ3n) is 4.21. The highest BCUT2D eigenvalue weighted by molar-refractivity contribution is 5.94. The average molecular weight is 432 g/mol. The molecule has 160 valence electrons. The summed E-state index contributed by atoms with van der Waals surface area (Å²) in [5, 5.41) is 4.65. The number of carbonyl (C=O) groups excluding carboxylic acids is 2. The molecule has 0 saturated carbocycles. The van der Waals surface area contributed by atoms with Gasteiger partial charge >= 0.3 is 12.4 Å². The molecule has 30 heavy (non-hydrogen) atoms. The standard InChI is InChI=1S/C19H14F6N2O3/c20-18(21,22)11-6-12(19(23,24)25)8-13(7-11)26-17(29)9-30-14-2-3-15-10(5-14)1-4-16(28)27-15/h2-3,5-8H,1,4,9H2,(H,26,29)(H,27,28). The van der Waals surface area contributed by atoms with E-state index < -0.39 is 41.7 Å². The number of benzene rings is 2. The molecule has 0 bridgehead atoms. The van der Waals surface area contributed by atoms with Crippen LogP contribution in [-0.2, 0) is 28.4 Å². The Morgan fingerprint density at radius 1 is 0.967 bits per heavy atom. The van der Waals surface area contributed by atoms with Crippen molar-refractivity contribution in [3.05, 3.63) is 53.1 Å². The van der Waals surface area contributed by atoms with Gasteiger partial charge in [-0.2, -0.15) is 26.3 Å². The Morgan fingerprint density at radius 2 is 1.60 bits per heavy atom. The number of carbonyl (C=O) groups is 2. The van der Waals surface area contributed by atoms with Gasteiger partial charge in [0.2, 0.25) is 5.91 Å². The van der Waals surface area contributed by atoms with E-state index >= 15 is 0 Å². The molecule has 0 spiro atoms. The second kappa shape index (κ2) is 7.88. The first-order valence-electron chi connectivity index (χ1n) is 8.57. The number of hydrogen-bond donors (Lipinski definition) is 2. The number of ether oxygens (including phenoxy) is 1. The summed E-state index contributed by atoms with van der Waals surface area (Å²) in [5.74, 6) is -0.802. The van der Waals surface area contributed by atoms with E-state index in [1.165, 1.54) is 6.07 Å². The topological polar surface area (TPSA) is 67.4 Å². The van der Waals surface area contributed by atoms with Gasteiger partial charge in [-0.1, -0.05) is 0 Å². The SMILES string of the molecule is O=C(COc1ccc2c(c1)CCC(=O)N2)Nc1cc(C(F)(F)F)cc(C(F)(F)F)c1. The van der Waals surface area contributed by atoms with Gasteiger partial charge in [0.15, 0.2) is 6.61 Å². The predicted octanol–water partition coefficient (Wildman–Crippen LogP) is 4.63. The van der Waals surface area contributed by atoms with Crippen LogP contribution in [0.1, 0.15) is 23.1 Å². The van der Waals surface area contributed by atoms with Crippen molar-refractivity contribution in [2.24, 2.45) is 0 Å². The van der Waals surface area contributed by atoms with Crippen LogP contribution in [0.3, 0.4) is 0 Å². The van der Waals surface area contributed by atoms with E-state index in [9.17, 15) is 35.9 Å². The summed E-state index contributed by atoms with van der Waals surface area (Å²) in [7, 11) is 0. The van der Waals surface area contributed by atoms with Crippen LogP contribution in [0.5, 0.6) is 5.75 Å². The molecule has 3 rings (SSSR count). The van der Waals surface area contributed by atoms with Crippen LogP contribution in [0.15, 0.2) is 36.4 Å². The van der Waals surface area contributed by atoms with Crippen molar-refractivity contribution < 1.29 is 40.7 Å². The lowest BCUT2D eigenvalue weighted by molar-refractivity contribution is -0.143. The lowest BCUT2D eigenvalue weighted by atomic mass is 10.0. The van der Waals surface area contributed by atoms with Crippen molar-refractivity contribution in [3.63, 3.8) is 0 Å². The van der Waals surface area contributed by atoms with Crippen LogP contribution >= 0.6 is 0 Å². The van der Waals surface area contributed by atoms with Gasteiger partial charge in [-0.3, -0.25) is 9.59 Å². The lowest BCUT2D eigenvalue weighted by Crippen LogP contribution is -2.22. The van der Waals surface area contributed by atoms with Crippen molar-refractivity contribution in [1.82, 2.24) is 0 Å². The van der Waals surface area contributed by atoms with Crippen LogP contribution in [0.25, 0.3) is 0 Å². The molecule has 0 radical (unpaired) electrons. The fourth-order valence-electron chi connectivity index (χ4n) is 2.82. The molecule has 2 amide bonds. The molecule has 2 aromatic rings. The predicted molar refractivity (Wildman–Crippen MR) is 94.0 cm³/mol. The molecule has 5 nitrogen and oxygen atoms in total. The van der Waals surface area contributed by atoms with Gasteiger partial charge < -0.3 is 15.4 Å². The quantitative estimate of drug-likeness (QED) is 0.693. The van der Waals surface area contributed by atoms with Crippen molar-refractivity contribution in [2.75, 3.05) is 17.2 Å². The molecule has 0 atom stereocenters. The smallest absolute Gasteiger partial charge is 0.416 e. The number of hydrogen-bond acceptors (Lipinski definition) is 3. The Labute approximate surface area is 166 Å². The molecule has 2 aromatic carbocycles. The first-order chi connectivity index (χ1) is 13.9. The zero-order valence-corrected chi connectivity index (χ0v) is 15.1. The van der Waals surface area contributed by atoms with Gasteiger partial charge in [-0.25, -0.2) is 0 Å². The molecule has 0 aromatic heterocycles. The monoisotopic (exact) mass is 432 g/mol. The number of nitrogens with one attached hydrogen (secondary N) is 2. The normalized spacial score (nSPS) is 14.0. The van der Waals surface area contributed by atoms with Gasteiger partial charge in [-0.05, 0) is 48.4 Å². The second-order valence-electron chi connectivity index (χ2n) is 6.50. The molecule has 0 fully saturated rings. The summed E-state index contributed by atoms with van der Waals surface area (Å²) in [6, 6.07) is 5.43. The van der Waals surface area contributed by atoms with Crippen LogP contribution < -0.4 is 15.4 Å². The minimum absolute atomic E-state index is 0.0297. The Balaban J connectivity index is 1.70. The first-order valence-corrected chi connectivity index (χ1v) is 8.57. The fourth-order valence-corrected chi connectivity index (χ4v) is 2.82.